The normalized spacial score (nSPS) is 10.4. The van der Waals surface area contributed by atoms with E-state index >= 15 is 0 Å². The van der Waals surface area contributed by atoms with E-state index in [1.165, 1.54) is 18.2 Å². The Morgan fingerprint density at radius 2 is 2.05 bits per heavy atom. The van der Waals surface area contributed by atoms with Gasteiger partial charge >= 0.3 is 0 Å². The Labute approximate surface area is 120 Å². The average molecular weight is 292 g/mol. The van der Waals surface area contributed by atoms with E-state index in [0.717, 1.165) is 23.5 Å². The van der Waals surface area contributed by atoms with Crippen LogP contribution in [0.15, 0.2) is 23.6 Å². The summed E-state index contributed by atoms with van der Waals surface area (Å²) in [5.41, 5.74) is 0.665. The summed E-state index contributed by atoms with van der Waals surface area (Å²) in [6.07, 6.45) is 1.96. The number of rotatable bonds is 5. The van der Waals surface area contributed by atoms with Crippen molar-refractivity contribution in [3.8, 4) is 11.5 Å². The number of hydrogen-bond donors (Lipinski definition) is 3. The van der Waals surface area contributed by atoms with Crippen LogP contribution in [-0.2, 0) is 13.0 Å². The lowest BCUT2D eigenvalue weighted by molar-refractivity contribution is 0.0945. The van der Waals surface area contributed by atoms with Crippen LogP contribution in [0.1, 0.15) is 34.4 Å². The predicted molar refractivity (Wildman–Crippen MR) is 77.1 cm³/mol. The number of nitrogens with zero attached hydrogens (tertiary/aromatic N) is 1. The van der Waals surface area contributed by atoms with Gasteiger partial charge in [-0.3, -0.25) is 4.79 Å². The number of aryl methyl sites for hydroxylation is 1. The minimum atomic E-state index is -0.523. The van der Waals surface area contributed by atoms with Gasteiger partial charge in [0.2, 0.25) is 0 Å². The topological polar surface area (TPSA) is 82.5 Å². The molecule has 3 N–H and O–H groups in total. The zero-order valence-corrected chi connectivity index (χ0v) is 11.9. The van der Waals surface area contributed by atoms with E-state index in [2.05, 4.69) is 17.2 Å². The molecule has 0 unspecified atom stereocenters. The first-order valence-electron chi connectivity index (χ1n) is 6.34. The maximum atomic E-state index is 11.9. The highest BCUT2D eigenvalue weighted by molar-refractivity contribution is 7.09. The van der Waals surface area contributed by atoms with Gasteiger partial charge in [-0.25, -0.2) is 4.98 Å². The second-order valence-electron chi connectivity index (χ2n) is 4.34. The number of nitrogens with one attached hydrogen (secondary N) is 1. The van der Waals surface area contributed by atoms with Crippen LogP contribution in [0, 0.1) is 0 Å². The van der Waals surface area contributed by atoms with E-state index in [-0.39, 0.29) is 23.6 Å². The molecule has 0 saturated heterocycles. The maximum Gasteiger partial charge on any atom is 0.259 e. The summed E-state index contributed by atoms with van der Waals surface area (Å²) < 4.78 is 0. The average Bonchev–Trinajstić information content (AvgIpc) is 2.84. The molecule has 1 amide bonds. The van der Waals surface area contributed by atoms with Crippen LogP contribution in [0.2, 0.25) is 0 Å². The summed E-state index contributed by atoms with van der Waals surface area (Å²) in [5.74, 6) is -1.01. The van der Waals surface area contributed by atoms with Crippen LogP contribution in [0.5, 0.6) is 11.5 Å². The Morgan fingerprint density at radius 1 is 1.35 bits per heavy atom. The molecule has 20 heavy (non-hydrogen) atoms. The molecule has 0 atom stereocenters. The molecule has 2 rings (SSSR count). The van der Waals surface area contributed by atoms with Crippen LogP contribution in [0.3, 0.4) is 0 Å². The largest absolute Gasteiger partial charge is 0.507 e. The van der Waals surface area contributed by atoms with Crippen molar-refractivity contribution in [1.82, 2.24) is 10.3 Å². The third-order valence-electron chi connectivity index (χ3n) is 2.74. The second-order valence-corrected chi connectivity index (χ2v) is 5.28. The summed E-state index contributed by atoms with van der Waals surface area (Å²) in [7, 11) is 0. The van der Waals surface area contributed by atoms with E-state index < -0.39 is 5.91 Å². The molecule has 0 radical (unpaired) electrons. The number of carbonyl (C=O) groups excluding carboxylic acids is 1. The number of benzene rings is 1. The SMILES string of the molecule is CCCc1nc(CNC(=O)c2c(O)cccc2O)cs1. The van der Waals surface area contributed by atoms with Crippen molar-refractivity contribution < 1.29 is 15.0 Å². The molecule has 0 aliphatic carbocycles. The van der Waals surface area contributed by atoms with Crippen LogP contribution in [-0.4, -0.2) is 21.1 Å². The van der Waals surface area contributed by atoms with Gasteiger partial charge in [-0.1, -0.05) is 13.0 Å². The minimum Gasteiger partial charge on any atom is -0.507 e. The van der Waals surface area contributed by atoms with Crippen LogP contribution in [0.25, 0.3) is 0 Å². The first-order valence-corrected chi connectivity index (χ1v) is 7.22. The molecule has 0 spiro atoms. The number of aromatic hydroxyl groups is 2. The number of phenols is 2. The van der Waals surface area contributed by atoms with E-state index in [4.69, 9.17) is 0 Å². The van der Waals surface area contributed by atoms with Crippen molar-refractivity contribution in [2.45, 2.75) is 26.3 Å². The number of aromatic nitrogens is 1. The number of carbonyl (C=O) groups is 1. The van der Waals surface area contributed by atoms with Gasteiger partial charge in [-0.05, 0) is 25.0 Å². The maximum absolute atomic E-state index is 11.9. The number of thiazole rings is 1. The summed E-state index contributed by atoms with van der Waals surface area (Å²) in [6.45, 7) is 2.36. The molecule has 6 heteroatoms. The Hall–Kier alpha value is -2.08. The standard InChI is InChI=1S/C14H16N2O3S/c1-2-4-12-16-9(8-20-12)7-15-14(19)13-10(17)5-3-6-11(13)18/h3,5-6,8,17-18H,2,4,7H2,1H3,(H,15,19). The third-order valence-corrected chi connectivity index (χ3v) is 3.70. The van der Waals surface area contributed by atoms with E-state index in [9.17, 15) is 15.0 Å². The Morgan fingerprint density at radius 3 is 2.70 bits per heavy atom. The fraction of sp³-hybridized carbons (Fsp3) is 0.286. The lowest BCUT2D eigenvalue weighted by Gasteiger charge is -2.07. The summed E-state index contributed by atoms with van der Waals surface area (Å²) in [6, 6.07) is 4.19. The van der Waals surface area contributed by atoms with Crippen LogP contribution >= 0.6 is 11.3 Å². The van der Waals surface area contributed by atoms with Gasteiger partial charge in [0.05, 0.1) is 17.2 Å². The summed E-state index contributed by atoms with van der Waals surface area (Å²) in [5, 5.41) is 24.8. The molecule has 1 heterocycles. The molecule has 5 nitrogen and oxygen atoms in total. The fourth-order valence-electron chi connectivity index (χ4n) is 1.78. The van der Waals surface area contributed by atoms with E-state index in [0.29, 0.717) is 0 Å². The number of amides is 1. The summed E-state index contributed by atoms with van der Waals surface area (Å²) >= 11 is 1.57. The van der Waals surface area contributed by atoms with Crippen molar-refractivity contribution in [1.29, 1.82) is 0 Å². The first kappa shape index (κ1) is 14.3. The molecule has 0 aliphatic rings. The number of phenolic OH excluding ortho intramolecular Hbond substituents is 2. The zero-order valence-electron chi connectivity index (χ0n) is 11.1. The van der Waals surface area contributed by atoms with Gasteiger partial charge in [-0.15, -0.1) is 11.3 Å². The minimum absolute atomic E-state index is 0.114. The zero-order chi connectivity index (χ0) is 14.5. The third kappa shape index (κ3) is 3.27. The number of hydrogen-bond acceptors (Lipinski definition) is 5. The van der Waals surface area contributed by atoms with Crippen molar-refractivity contribution in [3.05, 3.63) is 39.8 Å². The molecule has 1 aromatic carbocycles. The van der Waals surface area contributed by atoms with Gasteiger partial charge in [0.15, 0.2) is 0 Å². The van der Waals surface area contributed by atoms with Gasteiger partial charge in [-0.2, -0.15) is 0 Å². The molecular formula is C14H16N2O3S. The highest BCUT2D eigenvalue weighted by atomic mass is 32.1. The van der Waals surface area contributed by atoms with Crippen molar-refractivity contribution in [2.75, 3.05) is 0 Å². The highest BCUT2D eigenvalue weighted by Gasteiger charge is 2.15. The fourth-order valence-corrected chi connectivity index (χ4v) is 2.68. The molecular weight excluding hydrogens is 276 g/mol. The van der Waals surface area contributed by atoms with Gasteiger partial charge in [0, 0.05) is 5.38 Å². The summed E-state index contributed by atoms with van der Waals surface area (Å²) in [4.78, 5) is 16.3. The van der Waals surface area contributed by atoms with Gasteiger partial charge < -0.3 is 15.5 Å². The monoisotopic (exact) mass is 292 g/mol. The highest BCUT2D eigenvalue weighted by Crippen LogP contribution is 2.25. The molecule has 0 aliphatic heterocycles. The Bertz CT molecular complexity index is 590. The van der Waals surface area contributed by atoms with E-state index in [1.54, 1.807) is 11.3 Å². The quantitative estimate of drug-likeness (QED) is 0.790. The molecule has 1 aromatic heterocycles. The van der Waals surface area contributed by atoms with Crippen LogP contribution < -0.4 is 5.32 Å². The van der Waals surface area contributed by atoms with Gasteiger partial charge in [0.1, 0.15) is 17.1 Å². The lowest BCUT2D eigenvalue weighted by atomic mass is 10.1. The molecule has 0 bridgehead atoms. The van der Waals surface area contributed by atoms with Crippen molar-refractivity contribution in [2.24, 2.45) is 0 Å². The Kier molecular flexibility index (Phi) is 4.57. The molecule has 0 saturated carbocycles. The lowest BCUT2D eigenvalue weighted by Crippen LogP contribution is -2.23. The Balaban J connectivity index is 2.01. The first-order chi connectivity index (χ1) is 9.61. The van der Waals surface area contributed by atoms with E-state index in [1.807, 2.05) is 5.38 Å². The molecule has 0 fully saturated rings. The van der Waals surface area contributed by atoms with Crippen molar-refractivity contribution in [3.63, 3.8) is 0 Å². The van der Waals surface area contributed by atoms with Crippen LogP contribution in [0.4, 0.5) is 0 Å². The predicted octanol–water partition coefficient (Wildman–Crippen LogP) is 2.44. The second kappa shape index (κ2) is 6.38. The molecule has 2 aromatic rings. The molecule has 106 valence electrons. The van der Waals surface area contributed by atoms with Crippen molar-refractivity contribution >= 4 is 17.2 Å². The van der Waals surface area contributed by atoms with Gasteiger partial charge in [0.25, 0.3) is 5.91 Å². The smallest absolute Gasteiger partial charge is 0.259 e.